The van der Waals surface area contributed by atoms with E-state index in [0.29, 0.717) is 18.6 Å². The third-order valence-electron chi connectivity index (χ3n) is 9.07. The molecule has 194 valence electrons. The molecule has 3 fully saturated rings. The number of likely N-dealkylation sites (tertiary alicyclic amines) is 1. The van der Waals surface area contributed by atoms with Gasteiger partial charge in [-0.1, -0.05) is 12.5 Å². The molecule has 0 aromatic heterocycles. The fourth-order valence-electron chi connectivity index (χ4n) is 7.50. The Bertz CT molecular complexity index is 1100. The minimum Gasteiger partial charge on any atom is -0.477 e. The molecular formula is C26H34N4O6. The van der Waals surface area contributed by atoms with Crippen molar-refractivity contribution in [2.24, 2.45) is 0 Å². The number of rotatable bonds is 5. The van der Waals surface area contributed by atoms with E-state index in [2.05, 4.69) is 22.7 Å². The Morgan fingerprint density at radius 2 is 1.97 bits per heavy atom. The first kappa shape index (κ1) is 23.7. The van der Waals surface area contributed by atoms with Gasteiger partial charge in [0.25, 0.3) is 5.91 Å². The van der Waals surface area contributed by atoms with E-state index in [1.807, 2.05) is 11.1 Å². The van der Waals surface area contributed by atoms with Gasteiger partial charge in [-0.2, -0.15) is 0 Å². The molecule has 1 spiro atoms. The summed E-state index contributed by atoms with van der Waals surface area (Å²) in [5.74, 6) is 0.504. The highest BCUT2D eigenvalue weighted by atomic mass is 16.6. The first-order valence-electron chi connectivity index (χ1n) is 13.0. The van der Waals surface area contributed by atoms with Crippen molar-refractivity contribution in [2.45, 2.75) is 68.1 Å². The zero-order valence-corrected chi connectivity index (χ0v) is 20.9. The normalized spacial score (nSPS) is 32.9. The lowest BCUT2D eigenvalue weighted by molar-refractivity contribution is -0.198. The lowest BCUT2D eigenvalue weighted by atomic mass is 9.49. The summed E-state index contributed by atoms with van der Waals surface area (Å²) in [4.78, 5) is 40.4. The van der Waals surface area contributed by atoms with E-state index in [1.165, 1.54) is 6.42 Å². The van der Waals surface area contributed by atoms with Crippen LogP contribution < -0.4 is 20.2 Å². The van der Waals surface area contributed by atoms with Gasteiger partial charge in [0, 0.05) is 38.2 Å². The van der Waals surface area contributed by atoms with Crippen LogP contribution in [-0.2, 0) is 26.2 Å². The van der Waals surface area contributed by atoms with Crippen LogP contribution in [-0.4, -0.2) is 85.8 Å². The molecule has 6 rings (SSSR count). The second kappa shape index (κ2) is 8.71. The first-order valence-corrected chi connectivity index (χ1v) is 13.0. The molecule has 2 saturated heterocycles. The number of nitrogens with zero attached hydrogens (tertiary/aromatic N) is 2. The third kappa shape index (κ3) is 3.30. The number of piperidine rings is 2. The summed E-state index contributed by atoms with van der Waals surface area (Å²) in [5.41, 5.74) is 3.76. The summed E-state index contributed by atoms with van der Waals surface area (Å²) in [5, 5.41) is 4.41. The summed E-state index contributed by atoms with van der Waals surface area (Å²) >= 11 is 0. The number of likely N-dealkylation sites (N-methyl/N-ethyl adjacent to an activating group) is 1. The average molecular weight is 499 g/mol. The van der Waals surface area contributed by atoms with Gasteiger partial charge in [-0.15, -0.1) is 0 Å². The van der Waals surface area contributed by atoms with Crippen molar-refractivity contribution in [3.8, 4) is 11.5 Å². The molecule has 3 heterocycles. The van der Waals surface area contributed by atoms with E-state index < -0.39 is 23.2 Å². The maximum Gasteiger partial charge on any atom is 0.413 e. The Morgan fingerprint density at radius 3 is 2.75 bits per heavy atom. The molecule has 2 N–H and O–H groups in total. The molecule has 1 aromatic rings. The molecule has 3 aliphatic heterocycles. The zero-order valence-electron chi connectivity index (χ0n) is 20.9. The zero-order chi connectivity index (χ0) is 25.1. The number of ether oxygens (including phenoxy) is 3. The maximum absolute atomic E-state index is 13.2. The van der Waals surface area contributed by atoms with Crippen molar-refractivity contribution < 1.29 is 28.6 Å². The molecule has 2 aliphatic carbocycles. The summed E-state index contributed by atoms with van der Waals surface area (Å²) in [6, 6.07) is 3.85. The van der Waals surface area contributed by atoms with Crippen molar-refractivity contribution in [1.29, 1.82) is 0 Å². The topological polar surface area (TPSA) is 109 Å². The highest BCUT2D eigenvalue weighted by Gasteiger charge is 2.73. The van der Waals surface area contributed by atoms with Crippen molar-refractivity contribution in [2.75, 3.05) is 40.3 Å². The Balaban J connectivity index is 1.24. The number of carbonyl (C=O) groups excluding carboxylic acids is 3. The van der Waals surface area contributed by atoms with Crippen LogP contribution in [0.25, 0.3) is 0 Å². The van der Waals surface area contributed by atoms with Crippen LogP contribution in [0.3, 0.4) is 0 Å². The Kier molecular flexibility index (Phi) is 5.73. The number of carbonyl (C=O) groups is 3. The Hall–Kier alpha value is -2.69. The van der Waals surface area contributed by atoms with Crippen LogP contribution in [0.4, 0.5) is 4.79 Å². The molecule has 1 aromatic carbocycles. The molecule has 2 amide bonds. The predicted molar refractivity (Wildman–Crippen MR) is 129 cm³/mol. The summed E-state index contributed by atoms with van der Waals surface area (Å²) in [7, 11) is 3.86. The third-order valence-corrected chi connectivity index (χ3v) is 9.07. The smallest absolute Gasteiger partial charge is 0.413 e. The second-order valence-corrected chi connectivity index (χ2v) is 10.7. The van der Waals surface area contributed by atoms with Crippen LogP contribution in [0.15, 0.2) is 12.1 Å². The number of hydrogen-bond acceptors (Lipinski definition) is 8. The average Bonchev–Trinajstić information content (AvgIpc) is 3.24. The van der Waals surface area contributed by atoms with E-state index in [-0.39, 0.29) is 30.0 Å². The SMILES string of the molecule is CO[C@@]12CCC(=O)[C@@H]3Oc4c(OC(=O)NCC(=O)NN5CCCCC5)ccc5c4[C@@]31CCN(C)C2C5. The fraction of sp³-hybridized carbons (Fsp3) is 0.654. The number of Topliss-reactive ketones (excluding diaryl/α,β-unsaturated/α-hetero) is 1. The number of amides is 2. The van der Waals surface area contributed by atoms with E-state index in [0.717, 1.165) is 56.4 Å². The fourth-order valence-corrected chi connectivity index (χ4v) is 7.50. The molecule has 10 nitrogen and oxygen atoms in total. The first-order chi connectivity index (χ1) is 17.4. The second-order valence-electron chi connectivity index (χ2n) is 10.7. The summed E-state index contributed by atoms with van der Waals surface area (Å²) in [6.45, 7) is 2.27. The van der Waals surface area contributed by atoms with Gasteiger partial charge in [0.15, 0.2) is 23.4 Å². The van der Waals surface area contributed by atoms with Gasteiger partial charge in [0.2, 0.25) is 0 Å². The number of benzene rings is 1. The molecule has 10 heteroatoms. The van der Waals surface area contributed by atoms with Gasteiger partial charge in [0.1, 0.15) is 6.54 Å². The van der Waals surface area contributed by atoms with Crippen LogP contribution in [0, 0.1) is 0 Å². The monoisotopic (exact) mass is 498 g/mol. The Labute approximate surface area is 210 Å². The quantitative estimate of drug-likeness (QED) is 0.625. The van der Waals surface area contributed by atoms with E-state index in [1.54, 1.807) is 13.2 Å². The largest absolute Gasteiger partial charge is 0.477 e. The van der Waals surface area contributed by atoms with Crippen molar-refractivity contribution in [3.05, 3.63) is 23.3 Å². The standard InChI is InChI=1S/C26H34N4O6/c1-29-13-10-25-21-16-6-7-18(35-24(33)27-15-20(32)28-30-11-4-3-5-12-30)22(21)36-23(25)17(31)8-9-26(25,34-2)19(29)14-16/h6-7,19,23H,3-5,8-15H2,1-2H3,(H,27,33)(H,28,32)/t19?,23-,25-,26+/m0/s1. The van der Waals surface area contributed by atoms with Crippen molar-refractivity contribution in [1.82, 2.24) is 20.7 Å². The van der Waals surface area contributed by atoms with Crippen LogP contribution >= 0.6 is 0 Å². The molecule has 0 radical (unpaired) electrons. The maximum atomic E-state index is 13.2. The number of hydrogen-bond donors (Lipinski definition) is 2. The van der Waals surface area contributed by atoms with Crippen LogP contribution in [0.5, 0.6) is 11.5 Å². The minimum absolute atomic E-state index is 0.0693. The molecule has 2 bridgehead atoms. The molecular weight excluding hydrogens is 464 g/mol. The van der Waals surface area contributed by atoms with Gasteiger partial charge in [-0.3, -0.25) is 15.0 Å². The molecule has 1 saturated carbocycles. The predicted octanol–water partition coefficient (Wildman–Crippen LogP) is 1.30. The van der Waals surface area contributed by atoms with Gasteiger partial charge in [0.05, 0.1) is 11.0 Å². The van der Waals surface area contributed by atoms with Crippen molar-refractivity contribution in [3.63, 3.8) is 0 Å². The number of methoxy groups -OCH3 is 1. The Morgan fingerprint density at radius 1 is 1.17 bits per heavy atom. The summed E-state index contributed by atoms with van der Waals surface area (Å²) in [6.07, 6.45) is 4.42. The summed E-state index contributed by atoms with van der Waals surface area (Å²) < 4.78 is 18.3. The number of hydrazine groups is 1. The number of nitrogens with one attached hydrogen (secondary N) is 2. The molecule has 36 heavy (non-hydrogen) atoms. The van der Waals surface area contributed by atoms with Gasteiger partial charge >= 0.3 is 6.09 Å². The van der Waals surface area contributed by atoms with E-state index in [4.69, 9.17) is 14.2 Å². The van der Waals surface area contributed by atoms with Crippen molar-refractivity contribution >= 4 is 17.8 Å². The van der Waals surface area contributed by atoms with Gasteiger partial charge in [-0.05, 0) is 57.3 Å². The van der Waals surface area contributed by atoms with E-state index >= 15 is 0 Å². The lowest BCUT2D eigenvalue weighted by Gasteiger charge is -2.63. The minimum atomic E-state index is -0.739. The highest BCUT2D eigenvalue weighted by molar-refractivity contribution is 5.90. The number of ketones is 1. The van der Waals surface area contributed by atoms with Crippen LogP contribution in [0.1, 0.15) is 49.7 Å². The molecule has 1 unspecified atom stereocenters. The highest BCUT2D eigenvalue weighted by Crippen LogP contribution is 2.65. The van der Waals surface area contributed by atoms with Gasteiger partial charge in [-0.25, -0.2) is 9.80 Å². The molecule has 4 atom stereocenters. The van der Waals surface area contributed by atoms with Gasteiger partial charge < -0.3 is 24.4 Å². The lowest BCUT2D eigenvalue weighted by Crippen LogP contribution is -2.76. The molecule has 5 aliphatic rings. The van der Waals surface area contributed by atoms with Crippen LogP contribution in [0.2, 0.25) is 0 Å². The van der Waals surface area contributed by atoms with E-state index in [9.17, 15) is 14.4 Å².